The van der Waals surface area contributed by atoms with Gasteiger partial charge in [0.2, 0.25) is 0 Å². The highest BCUT2D eigenvalue weighted by molar-refractivity contribution is 7.99. The molecule has 0 atom stereocenters. The second-order valence-electron chi connectivity index (χ2n) is 2.69. The third kappa shape index (κ3) is 2.31. The molecule has 0 fully saturated rings. The molecule has 0 amide bonds. The van der Waals surface area contributed by atoms with Crippen molar-refractivity contribution in [3.05, 3.63) is 35.3 Å². The molecule has 0 spiro atoms. The Kier molecular flexibility index (Phi) is 3.25. The quantitative estimate of drug-likeness (QED) is 0.894. The molecule has 0 unspecified atom stereocenters. The van der Waals surface area contributed by atoms with Crippen LogP contribution >= 0.6 is 23.4 Å². The lowest BCUT2D eigenvalue weighted by molar-refractivity contribution is 0.454. The van der Waals surface area contributed by atoms with Gasteiger partial charge < -0.3 is 10.2 Å². The van der Waals surface area contributed by atoms with E-state index < -0.39 is 0 Å². The van der Waals surface area contributed by atoms with E-state index in [0.29, 0.717) is 21.8 Å². The van der Waals surface area contributed by atoms with E-state index >= 15 is 0 Å². The summed E-state index contributed by atoms with van der Waals surface area (Å²) in [6.07, 6.45) is 4.74. The van der Waals surface area contributed by atoms with Gasteiger partial charge in [-0.05, 0) is 23.4 Å². The van der Waals surface area contributed by atoms with Crippen molar-refractivity contribution in [3.8, 4) is 0 Å². The van der Waals surface area contributed by atoms with Crippen molar-refractivity contribution in [1.29, 1.82) is 0 Å². The van der Waals surface area contributed by atoms with Crippen LogP contribution in [-0.2, 0) is 6.54 Å². The molecule has 2 rings (SSSR count). The summed E-state index contributed by atoms with van der Waals surface area (Å²) in [6.45, 7) is 0.389. The van der Waals surface area contributed by atoms with Gasteiger partial charge in [0, 0.05) is 12.7 Å². The molecule has 2 aromatic rings. The van der Waals surface area contributed by atoms with Crippen LogP contribution in [0.3, 0.4) is 0 Å². The molecule has 2 N–H and O–H groups in total. The minimum atomic E-state index is 0.389. The maximum atomic E-state index is 6.09. The normalized spacial score (nSPS) is 10.5. The second-order valence-corrected chi connectivity index (χ2v) is 4.01. The van der Waals surface area contributed by atoms with Gasteiger partial charge in [0.05, 0.1) is 11.2 Å². The van der Waals surface area contributed by atoms with Crippen molar-refractivity contribution in [3.63, 3.8) is 0 Å². The van der Waals surface area contributed by atoms with Gasteiger partial charge in [0.15, 0.2) is 0 Å². The molecule has 0 aromatic carbocycles. The highest BCUT2D eigenvalue weighted by Gasteiger charge is 2.10. The molecule has 0 saturated carbocycles. The van der Waals surface area contributed by atoms with Crippen LogP contribution < -0.4 is 5.73 Å². The minimum absolute atomic E-state index is 0.389. The number of nitrogens with zero attached hydrogens (tertiary/aromatic N) is 2. The maximum Gasteiger partial charge on any atom is 0.262 e. The number of nitrogens with two attached hydrogens (primary N) is 1. The Morgan fingerprint density at radius 2 is 2.27 bits per heavy atom. The molecule has 0 bridgehead atoms. The number of hydrogen-bond acceptors (Lipinski definition) is 5. The monoisotopic (exact) mass is 241 g/mol. The predicted molar refractivity (Wildman–Crippen MR) is 57.8 cm³/mol. The van der Waals surface area contributed by atoms with Crippen molar-refractivity contribution >= 4 is 23.4 Å². The molecule has 6 heteroatoms. The van der Waals surface area contributed by atoms with Crippen LogP contribution in [0.4, 0.5) is 0 Å². The van der Waals surface area contributed by atoms with Gasteiger partial charge in [-0.1, -0.05) is 11.6 Å². The van der Waals surface area contributed by atoms with E-state index in [1.807, 2.05) is 0 Å². The fourth-order valence-electron chi connectivity index (χ4n) is 1.03. The average molecular weight is 242 g/mol. The zero-order chi connectivity index (χ0) is 10.7. The number of hydrogen-bond donors (Lipinski definition) is 1. The highest BCUT2D eigenvalue weighted by Crippen LogP contribution is 2.32. The lowest BCUT2D eigenvalue weighted by Gasteiger charge is -2.03. The molecule has 78 valence electrons. The molecule has 0 aliphatic carbocycles. The third-order valence-electron chi connectivity index (χ3n) is 1.75. The molecule has 0 aliphatic heterocycles. The van der Waals surface area contributed by atoms with Crippen LogP contribution in [0.25, 0.3) is 0 Å². The van der Waals surface area contributed by atoms with Crippen molar-refractivity contribution in [2.45, 2.75) is 16.8 Å². The molecule has 4 nitrogen and oxygen atoms in total. The molecule has 0 aliphatic rings. The standard InChI is InChI=1S/C9H8ClN3OS/c10-7-6(5-11)1-2-12-8(7)15-9-13-3-4-14-9/h1-4H,5,11H2. The Balaban J connectivity index is 2.29. The number of pyridine rings is 1. The highest BCUT2D eigenvalue weighted by atomic mass is 35.5. The van der Waals surface area contributed by atoms with E-state index in [-0.39, 0.29) is 0 Å². The summed E-state index contributed by atoms with van der Waals surface area (Å²) in [5.41, 5.74) is 6.39. The van der Waals surface area contributed by atoms with Crippen molar-refractivity contribution in [1.82, 2.24) is 9.97 Å². The van der Waals surface area contributed by atoms with E-state index in [1.165, 1.54) is 18.0 Å². The van der Waals surface area contributed by atoms with Gasteiger partial charge in [-0.3, -0.25) is 0 Å². The first-order valence-corrected chi connectivity index (χ1v) is 5.41. The van der Waals surface area contributed by atoms with Crippen LogP contribution in [0.1, 0.15) is 5.56 Å². The summed E-state index contributed by atoms with van der Waals surface area (Å²) in [6, 6.07) is 1.79. The molecular formula is C9H8ClN3OS. The van der Waals surface area contributed by atoms with E-state index in [1.54, 1.807) is 18.5 Å². The summed E-state index contributed by atoms with van der Waals surface area (Å²) < 4.78 is 5.09. The van der Waals surface area contributed by atoms with E-state index in [0.717, 1.165) is 5.56 Å². The molecule has 2 heterocycles. The minimum Gasteiger partial charge on any atom is -0.440 e. The Bertz CT molecular complexity index is 447. The van der Waals surface area contributed by atoms with Gasteiger partial charge in [-0.2, -0.15) is 0 Å². The number of oxazole rings is 1. The summed E-state index contributed by atoms with van der Waals surface area (Å²) >= 11 is 7.37. The first-order chi connectivity index (χ1) is 7.31. The lowest BCUT2D eigenvalue weighted by Crippen LogP contribution is -1.98. The van der Waals surface area contributed by atoms with Crippen molar-refractivity contribution in [2.24, 2.45) is 5.73 Å². The third-order valence-corrected chi connectivity index (χ3v) is 3.16. The largest absolute Gasteiger partial charge is 0.440 e. The second kappa shape index (κ2) is 4.65. The fourth-order valence-corrected chi connectivity index (χ4v) is 2.06. The smallest absolute Gasteiger partial charge is 0.262 e. The topological polar surface area (TPSA) is 64.9 Å². The zero-order valence-corrected chi connectivity index (χ0v) is 9.26. The van der Waals surface area contributed by atoms with E-state index in [2.05, 4.69) is 9.97 Å². The van der Waals surface area contributed by atoms with E-state index in [9.17, 15) is 0 Å². The first-order valence-electron chi connectivity index (χ1n) is 4.22. The summed E-state index contributed by atoms with van der Waals surface area (Å²) in [7, 11) is 0. The summed E-state index contributed by atoms with van der Waals surface area (Å²) in [5, 5.41) is 1.73. The van der Waals surface area contributed by atoms with Crippen LogP contribution in [0, 0.1) is 0 Å². The first kappa shape index (κ1) is 10.5. The van der Waals surface area contributed by atoms with Gasteiger partial charge >= 0.3 is 0 Å². The Hall–Kier alpha value is -1.04. The zero-order valence-electron chi connectivity index (χ0n) is 7.68. The number of aromatic nitrogens is 2. The Labute approximate surface area is 95.9 Å². The van der Waals surface area contributed by atoms with Gasteiger partial charge in [0.25, 0.3) is 5.22 Å². The van der Waals surface area contributed by atoms with Gasteiger partial charge in [-0.15, -0.1) is 0 Å². The molecule has 0 radical (unpaired) electrons. The SMILES string of the molecule is NCc1ccnc(Sc2ncco2)c1Cl. The fraction of sp³-hybridized carbons (Fsp3) is 0.111. The molecule has 15 heavy (non-hydrogen) atoms. The van der Waals surface area contributed by atoms with Crippen molar-refractivity contribution < 1.29 is 4.42 Å². The van der Waals surface area contributed by atoms with Crippen molar-refractivity contribution in [2.75, 3.05) is 0 Å². The molecule has 0 saturated heterocycles. The van der Waals surface area contributed by atoms with Crippen LogP contribution in [0.15, 0.2) is 39.4 Å². The van der Waals surface area contributed by atoms with Crippen LogP contribution in [0.5, 0.6) is 0 Å². The Morgan fingerprint density at radius 3 is 2.93 bits per heavy atom. The average Bonchev–Trinajstić information content (AvgIpc) is 2.74. The van der Waals surface area contributed by atoms with Gasteiger partial charge in [0.1, 0.15) is 11.3 Å². The van der Waals surface area contributed by atoms with Crippen LogP contribution in [0.2, 0.25) is 5.02 Å². The molecule has 2 aromatic heterocycles. The van der Waals surface area contributed by atoms with E-state index in [4.69, 9.17) is 21.8 Å². The predicted octanol–water partition coefficient (Wildman–Crippen LogP) is 2.33. The maximum absolute atomic E-state index is 6.09. The van der Waals surface area contributed by atoms with Gasteiger partial charge in [-0.25, -0.2) is 9.97 Å². The summed E-state index contributed by atoms with van der Waals surface area (Å²) in [4.78, 5) is 8.11. The number of rotatable bonds is 3. The summed E-state index contributed by atoms with van der Waals surface area (Å²) in [5.74, 6) is 0. The van der Waals surface area contributed by atoms with Crippen LogP contribution in [-0.4, -0.2) is 9.97 Å². The molecular weight excluding hydrogens is 234 g/mol. The Morgan fingerprint density at radius 1 is 1.40 bits per heavy atom. The lowest BCUT2D eigenvalue weighted by atomic mass is 10.3. The number of halogens is 1.